The fraction of sp³-hybridized carbons (Fsp3) is 0.333. The molecule has 0 fully saturated rings. The van der Waals surface area contributed by atoms with E-state index in [-0.39, 0.29) is 0 Å². The van der Waals surface area contributed by atoms with E-state index in [1.165, 1.54) is 5.75 Å². The lowest BCUT2D eigenvalue weighted by atomic mass is 10.8. The first-order chi connectivity index (χ1) is 3.42. The molecule has 0 aromatic rings. The second-order valence-electron chi connectivity index (χ2n) is 1.18. The zero-order valence-corrected chi connectivity index (χ0v) is 4.90. The summed E-state index contributed by atoms with van der Waals surface area (Å²) in [5, 5.41) is 7.76. The van der Waals surface area contributed by atoms with Crippen molar-refractivity contribution in [3.05, 3.63) is 5.75 Å². The maximum atomic E-state index is 9.95. The molecule has 0 unspecified atom stereocenters. The van der Waals surface area contributed by atoms with E-state index in [4.69, 9.17) is 5.11 Å². The third-order valence-electron chi connectivity index (χ3n) is 0.273. The number of hydrogen-bond donors (Lipinski definition) is 1. The molecule has 0 aromatic heterocycles. The molecular weight excluding hydrogens is 132 g/mol. The molecule has 46 valence electrons. The molecule has 0 aliphatic rings. The lowest BCUT2D eigenvalue weighted by Crippen LogP contribution is -2.05. The Kier molecular flexibility index (Phi) is 1.97. The molecule has 0 bridgehead atoms. The first-order valence-electron chi connectivity index (χ1n) is 1.62. The summed E-state index contributed by atoms with van der Waals surface area (Å²) >= 11 is 0. The van der Waals surface area contributed by atoms with Gasteiger partial charge in [-0.1, -0.05) is 0 Å². The van der Waals surface area contributed by atoms with Crippen molar-refractivity contribution in [3.8, 4) is 0 Å². The number of rotatable bonds is 2. The zero-order chi connectivity index (χ0) is 6.78. The lowest BCUT2D eigenvalue weighted by Gasteiger charge is -1.84. The Morgan fingerprint density at radius 2 is 2.00 bits per heavy atom. The lowest BCUT2D eigenvalue weighted by molar-refractivity contribution is -0.132. The van der Waals surface area contributed by atoms with Gasteiger partial charge in [0.1, 0.15) is 0 Å². The van der Waals surface area contributed by atoms with Crippen LogP contribution in [0.4, 0.5) is 0 Å². The Balaban J connectivity index is 3.95. The van der Waals surface area contributed by atoms with Crippen molar-refractivity contribution >= 4 is 15.8 Å². The topological polar surface area (TPSA) is 71.4 Å². The van der Waals surface area contributed by atoms with Crippen molar-refractivity contribution < 1.29 is 18.3 Å². The molecule has 0 spiro atoms. The summed E-state index contributed by atoms with van der Waals surface area (Å²) in [6.07, 6.45) is 0.765. The standard InChI is InChI=1S/C3H4O4S/c1-8(6,7)2-3(4)5/h1H3,(H,4,5). The molecule has 0 aliphatic heterocycles. The summed E-state index contributed by atoms with van der Waals surface area (Å²) in [5.41, 5.74) is 0. The van der Waals surface area contributed by atoms with Crippen LogP contribution in [0.2, 0.25) is 0 Å². The minimum absolute atomic E-state index is 0.765. The molecule has 4 nitrogen and oxygen atoms in total. The van der Waals surface area contributed by atoms with Gasteiger partial charge < -0.3 is 5.11 Å². The zero-order valence-electron chi connectivity index (χ0n) is 4.08. The monoisotopic (exact) mass is 136 g/mol. The highest BCUT2D eigenvalue weighted by molar-refractivity contribution is 7.93. The molecule has 0 heterocycles. The minimum Gasteiger partial charge on any atom is -0.480 e. The van der Waals surface area contributed by atoms with Crippen molar-refractivity contribution in [2.24, 2.45) is 0 Å². The Morgan fingerprint density at radius 3 is 2.00 bits per heavy atom. The van der Waals surface area contributed by atoms with Gasteiger partial charge in [-0.2, -0.15) is 0 Å². The molecule has 8 heavy (non-hydrogen) atoms. The van der Waals surface area contributed by atoms with Crippen LogP contribution in [-0.2, 0) is 14.6 Å². The molecule has 0 atom stereocenters. The average Bonchev–Trinajstić information content (AvgIpc) is 1.21. The maximum Gasteiger partial charge on any atom is 0.329 e. The fourth-order valence-electron chi connectivity index (χ4n) is 0.159. The summed E-state index contributed by atoms with van der Waals surface area (Å²) < 4.78 is 19.9. The van der Waals surface area contributed by atoms with Crippen LogP contribution in [0.3, 0.4) is 0 Å². The van der Waals surface area contributed by atoms with Crippen LogP contribution in [0, 0.1) is 5.75 Å². The van der Waals surface area contributed by atoms with Gasteiger partial charge in [-0.3, -0.25) is 4.79 Å². The summed E-state index contributed by atoms with van der Waals surface area (Å²) in [6, 6.07) is 0. The molecule has 0 aromatic carbocycles. The largest absolute Gasteiger partial charge is 0.480 e. The van der Waals surface area contributed by atoms with Crippen molar-refractivity contribution in [1.29, 1.82) is 0 Å². The highest BCUT2D eigenvalue weighted by Crippen LogP contribution is 1.87. The Morgan fingerprint density at radius 1 is 1.62 bits per heavy atom. The fourth-order valence-corrected chi connectivity index (χ4v) is 0.476. The van der Waals surface area contributed by atoms with Crippen LogP contribution in [0.15, 0.2) is 0 Å². The first-order valence-corrected chi connectivity index (χ1v) is 3.51. The van der Waals surface area contributed by atoms with Gasteiger partial charge in [0.25, 0.3) is 0 Å². The smallest absolute Gasteiger partial charge is 0.329 e. The summed E-state index contributed by atoms with van der Waals surface area (Å²) in [6.45, 7) is 0. The van der Waals surface area contributed by atoms with Gasteiger partial charge >= 0.3 is 5.97 Å². The number of carboxylic acid groups (broad SMARTS) is 1. The highest BCUT2D eigenvalue weighted by Gasteiger charge is 2.09. The van der Waals surface area contributed by atoms with E-state index in [2.05, 4.69) is 0 Å². The highest BCUT2D eigenvalue weighted by atomic mass is 32.2. The quantitative estimate of drug-likeness (QED) is 0.537. The van der Waals surface area contributed by atoms with Crippen molar-refractivity contribution in [2.45, 2.75) is 0 Å². The molecule has 0 saturated carbocycles. The van der Waals surface area contributed by atoms with Gasteiger partial charge in [0, 0.05) is 6.26 Å². The van der Waals surface area contributed by atoms with E-state index in [9.17, 15) is 13.2 Å². The molecule has 0 aliphatic carbocycles. The molecule has 0 rings (SSSR count). The van der Waals surface area contributed by atoms with Crippen molar-refractivity contribution in [3.63, 3.8) is 0 Å². The molecule has 0 amide bonds. The second-order valence-corrected chi connectivity index (χ2v) is 2.93. The van der Waals surface area contributed by atoms with Gasteiger partial charge in [-0.15, -0.1) is 0 Å². The molecule has 5 heteroatoms. The summed E-state index contributed by atoms with van der Waals surface area (Å²) in [5.74, 6) is -0.292. The Hall–Kier alpha value is -0.580. The number of carboxylic acids is 1. The van der Waals surface area contributed by atoms with Gasteiger partial charge in [0.05, 0.1) is 0 Å². The van der Waals surface area contributed by atoms with Crippen LogP contribution in [-0.4, -0.2) is 25.7 Å². The van der Waals surface area contributed by atoms with Crippen LogP contribution >= 0.6 is 0 Å². The third kappa shape index (κ3) is 5.42. The van der Waals surface area contributed by atoms with E-state index in [1.54, 1.807) is 0 Å². The van der Waals surface area contributed by atoms with E-state index in [0.29, 0.717) is 0 Å². The second kappa shape index (κ2) is 2.13. The van der Waals surface area contributed by atoms with Crippen molar-refractivity contribution in [1.82, 2.24) is 0 Å². The molecular formula is C3H4O4S. The number of sulfone groups is 1. The van der Waals surface area contributed by atoms with E-state index in [0.717, 1.165) is 6.26 Å². The normalized spacial score (nSPS) is 11.1. The molecule has 1 N–H and O–H groups in total. The van der Waals surface area contributed by atoms with Gasteiger partial charge in [-0.25, -0.2) is 8.42 Å². The third-order valence-corrected chi connectivity index (χ3v) is 0.818. The average molecular weight is 136 g/mol. The van der Waals surface area contributed by atoms with Crippen LogP contribution in [0.25, 0.3) is 0 Å². The number of hydrogen-bond acceptors (Lipinski definition) is 3. The SMILES string of the molecule is CS(=O)(=O)[C]C(=O)O. The molecule has 0 saturated heterocycles. The Bertz CT molecular complexity index is 177. The van der Waals surface area contributed by atoms with Crippen LogP contribution in [0.5, 0.6) is 0 Å². The van der Waals surface area contributed by atoms with Crippen molar-refractivity contribution in [2.75, 3.05) is 6.26 Å². The van der Waals surface area contributed by atoms with Crippen LogP contribution < -0.4 is 0 Å². The van der Waals surface area contributed by atoms with Gasteiger partial charge in [-0.05, 0) is 0 Å². The Labute approximate surface area is 47.1 Å². The predicted molar refractivity (Wildman–Crippen MR) is 25.7 cm³/mol. The van der Waals surface area contributed by atoms with E-state index < -0.39 is 15.8 Å². The summed E-state index contributed by atoms with van der Waals surface area (Å²) in [4.78, 5) is 9.52. The number of aliphatic carboxylic acids is 1. The minimum atomic E-state index is -3.57. The maximum absolute atomic E-state index is 9.95. The molecule has 2 radical (unpaired) electrons. The van der Waals surface area contributed by atoms with E-state index >= 15 is 0 Å². The number of carbonyl (C=O) groups is 1. The first kappa shape index (κ1) is 7.42. The summed E-state index contributed by atoms with van der Waals surface area (Å²) in [7, 11) is -3.57. The predicted octanol–water partition coefficient (Wildman–Crippen LogP) is -0.846. The van der Waals surface area contributed by atoms with Gasteiger partial charge in [0.15, 0.2) is 9.84 Å². The van der Waals surface area contributed by atoms with E-state index in [1.807, 2.05) is 0 Å². The van der Waals surface area contributed by atoms with Crippen LogP contribution in [0.1, 0.15) is 0 Å². The van der Waals surface area contributed by atoms with Gasteiger partial charge in [0.2, 0.25) is 5.75 Å².